The van der Waals surface area contributed by atoms with Gasteiger partial charge in [0.1, 0.15) is 5.82 Å². The van der Waals surface area contributed by atoms with Crippen LogP contribution in [0, 0.1) is 6.92 Å². The third kappa shape index (κ3) is 3.85. The SMILES string of the molecule is COc1ccc(C=CC(=O)N2Cc3nn(-c4ccccc4C)c(-n4cccc4)c3C2)cc1OC. The number of methoxy groups -OCH3 is 2. The first-order chi connectivity index (χ1) is 16.6. The van der Waals surface area contributed by atoms with Crippen molar-refractivity contribution in [1.82, 2.24) is 19.2 Å². The molecule has 2 aromatic heterocycles. The highest BCUT2D eigenvalue weighted by Crippen LogP contribution is 2.32. The molecule has 0 atom stereocenters. The molecule has 2 aromatic carbocycles. The van der Waals surface area contributed by atoms with Gasteiger partial charge in [0.25, 0.3) is 0 Å². The minimum Gasteiger partial charge on any atom is -0.493 e. The Morgan fingerprint density at radius 2 is 1.74 bits per heavy atom. The molecule has 0 N–H and O–H groups in total. The van der Waals surface area contributed by atoms with Crippen molar-refractivity contribution in [1.29, 1.82) is 0 Å². The first kappa shape index (κ1) is 21.6. The Labute approximate surface area is 198 Å². The number of ether oxygens (including phenoxy) is 2. The predicted octanol–water partition coefficient (Wildman–Crippen LogP) is 4.54. The Hall–Kier alpha value is -4.26. The van der Waals surface area contributed by atoms with Gasteiger partial charge in [-0.15, -0.1) is 0 Å². The lowest BCUT2D eigenvalue weighted by Crippen LogP contribution is -2.24. The van der Waals surface area contributed by atoms with Gasteiger partial charge in [-0.05, 0) is 54.5 Å². The lowest BCUT2D eigenvalue weighted by Gasteiger charge is -2.16. The van der Waals surface area contributed by atoms with Crippen molar-refractivity contribution in [2.75, 3.05) is 14.2 Å². The summed E-state index contributed by atoms with van der Waals surface area (Å²) < 4.78 is 14.7. The van der Waals surface area contributed by atoms with Gasteiger partial charge >= 0.3 is 0 Å². The molecule has 34 heavy (non-hydrogen) atoms. The lowest BCUT2D eigenvalue weighted by atomic mass is 10.2. The highest BCUT2D eigenvalue weighted by molar-refractivity contribution is 5.92. The zero-order valence-electron chi connectivity index (χ0n) is 19.4. The van der Waals surface area contributed by atoms with Crippen LogP contribution in [0.5, 0.6) is 11.5 Å². The zero-order chi connectivity index (χ0) is 23.7. The van der Waals surface area contributed by atoms with E-state index in [2.05, 4.69) is 23.6 Å². The van der Waals surface area contributed by atoms with Crippen LogP contribution in [0.4, 0.5) is 0 Å². The van der Waals surface area contributed by atoms with Crippen LogP contribution in [0.3, 0.4) is 0 Å². The van der Waals surface area contributed by atoms with Gasteiger partial charge in [-0.3, -0.25) is 4.79 Å². The van der Waals surface area contributed by atoms with Gasteiger partial charge in [0, 0.05) is 24.0 Å². The summed E-state index contributed by atoms with van der Waals surface area (Å²) in [6.45, 7) is 3.05. The number of rotatable bonds is 6. The second-order valence-corrected chi connectivity index (χ2v) is 8.18. The average Bonchev–Trinajstić information content (AvgIpc) is 3.59. The van der Waals surface area contributed by atoms with Crippen molar-refractivity contribution in [3.8, 4) is 23.0 Å². The lowest BCUT2D eigenvalue weighted by molar-refractivity contribution is -0.126. The number of benzene rings is 2. The zero-order valence-corrected chi connectivity index (χ0v) is 19.4. The van der Waals surface area contributed by atoms with Crippen molar-refractivity contribution in [3.63, 3.8) is 0 Å². The molecular formula is C27H26N4O3. The van der Waals surface area contributed by atoms with Gasteiger partial charge in [0.2, 0.25) is 5.91 Å². The smallest absolute Gasteiger partial charge is 0.247 e. The van der Waals surface area contributed by atoms with E-state index in [0.717, 1.165) is 33.9 Å². The first-order valence-electron chi connectivity index (χ1n) is 11.1. The Bertz CT molecular complexity index is 1370. The van der Waals surface area contributed by atoms with Gasteiger partial charge in [0.05, 0.1) is 38.7 Å². The highest BCUT2D eigenvalue weighted by Gasteiger charge is 2.30. The van der Waals surface area contributed by atoms with E-state index >= 15 is 0 Å². The van der Waals surface area contributed by atoms with Crippen LogP contribution in [0.2, 0.25) is 0 Å². The van der Waals surface area contributed by atoms with E-state index in [1.54, 1.807) is 26.4 Å². The fourth-order valence-electron chi connectivity index (χ4n) is 4.30. The van der Waals surface area contributed by atoms with Crippen molar-refractivity contribution < 1.29 is 14.3 Å². The normalized spacial score (nSPS) is 12.9. The molecule has 0 spiro atoms. The second kappa shape index (κ2) is 8.94. The monoisotopic (exact) mass is 454 g/mol. The molecule has 0 saturated carbocycles. The highest BCUT2D eigenvalue weighted by atomic mass is 16.5. The first-order valence-corrected chi connectivity index (χ1v) is 11.1. The largest absolute Gasteiger partial charge is 0.493 e. The standard InChI is InChI=1S/C27H26N4O3/c1-19-8-4-5-9-23(19)31-27(29-14-6-7-15-29)21-17-30(18-22(21)28-31)26(32)13-11-20-10-12-24(33-2)25(16-20)34-3/h4-16H,17-18H2,1-3H3. The maximum absolute atomic E-state index is 13.0. The minimum absolute atomic E-state index is 0.0614. The third-order valence-electron chi connectivity index (χ3n) is 6.06. The number of hydrogen-bond donors (Lipinski definition) is 0. The van der Waals surface area contributed by atoms with Gasteiger partial charge in [0.15, 0.2) is 11.5 Å². The predicted molar refractivity (Wildman–Crippen MR) is 130 cm³/mol. The molecule has 0 saturated heterocycles. The number of fused-ring (bicyclic) bond motifs is 1. The molecule has 0 radical (unpaired) electrons. The van der Waals surface area contributed by atoms with Crippen molar-refractivity contribution in [2.24, 2.45) is 0 Å². The van der Waals surface area contributed by atoms with E-state index < -0.39 is 0 Å². The minimum atomic E-state index is -0.0614. The van der Waals surface area contributed by atoms with Gasteiger partial charge in [-0.1, -0.05) is 24.3 Å². The molecule has 0 aliphatic carbocycles. The Kier molecular flexibility index (Phi) is 5.67. The van der Waals surface area contributed by atoms with Crippen LogP contribution in [-0.4, -0.2) is 39.4 Å². The summed E-state index contributed by atoms with van der Waals surface area (Å²) in [4.78, 5) is 14.8. The molecule has 7 nitrogen and oxygen atoms in total. The maximum Gasteiger partial charge on any atom is 0.247 e. The maximum atomic E-state index is 13.0. The summed E-state index contributed by atoms with van der Waals surface area (Å²) in [5, 5.41) is 4.92. The molecule has 1 aliphatic heterocycles. The third-order valence-corrected chi connectivity index (χ3v) is 6.06. The average molecular weight is 455 g/mol. The van der Waals surface area contributed by atoms with E-state index in [1.165, 1.54) is 0 Å². The topological polar surface area (TPSA) is 61.5 Å². The number of amides is 1. The molecule has 0 bridgehead atoms. The number of carbonyl (C=O) groups is 1. The molecule has 3 heterocycles. The van der Waals surface area contributed by atoms with Crippen molar-refractivity contribution in [2.45, 2.75) is 20.0 Å². The molecule has 7 heteroatoms. The number of para-hydroxylation sites is 1. The van der Waals surface area contributed by atoms with Crippen LogP contribution in [0.25, 0.3) is 17.6 Å². The molecule has 4 aromatic rings. The Morgan fingerprint density at radius 3 is 2.47 bits per heavy atom. The molecule has 1 amide bonds. The van der Waals surface area contributed by atoms with Crippen molar-refractivity contribution >= 4 is 12.0 Å². The summed E-state index contributed by atoms with van der Waals surface area (Å²) in [6.07, 6.45) is 7.40. The molecule has 5 rings (SSSR count). The number of aromatic nitrogens is 3. The fraction of sp³-hybridized carbons (Fsp3) is 0.185. The number of aryl methyl sites for hydroxylation is 1. The molecule has 1 aliphatic rings. The summed E-state index contributed by atoms with van der Waals surface area (Å²) in [7, 11) is 3.19. The Balaban J connectivity index is 1.42. The number of hydrogen-bond acceptors (Lipinski definition) is 4. The van der Waals surface area contributed by atoms with Crippen LogP contribution < -0.4 is 9.47 Å². The summed E-state index contributed by atoms with van der Waals surface area (Å²) in [5.41, 5.74) is 5.02. The van der Waals surface area contributed by atoms with E-state index in [4.69, 9.17) is 14.6 Å². The number of carbonyl (C=O) groups excluding carboxylic acids is 1. The van der Waals surface area contributed by atoms with Crippen LogP contribution in [0.15, 0.2) is 73.1 Å². The summed E-state index contributed by atoms with van der Waals surface area (Å²) >= 11 is 0. The molecular weight excluding hydrogens is 428 g/mol. The van der Waals surface area contributed by atoms with E-state index in [1.807, 2.05) is 64.4 Å². The van der Waals surface area contributed by atoms with E-state index in [9.17, 15) is 4.79 Å². The van der Waals surface area contributed by atoms with Crippen LogP contribution in [-0.2, 0) is 17.9 Å². The van der Waals surface area contributed by atoms with Crippen molar-refractivity contribution in [3.05, 3.63) is 95.5 Å². The van der Waals surface area contributed by atoms with Crippen LogP contribution >= 0.6 is 0 Å². The fourth-order valence-corrected chi connectivity index (χ4v) is 4.30. The van der Waals surface area contributed by atoms with Gasteiger partial charge in [-0.2, -0.15) is 5.10 Å². The summed E-state index contributed by atoms with van der Waals surface area (Å²) in [6, 6.07) is 17.7. The van der Waals surface area contributed by atoms with Gasteiger partial charge in [-0.25, -0.2) is 4.68 Å². The molecule has 172 valence electrons. The Morgan fingerprint density at radius 1 is 0.971 bits per heavy atom. The summed E-state index contributed by atoms with van der Waals surface area (Å²) in [5.74, 6) is 2.18. The quantitative estimate of drug-likeness (QED) is 0.401. The van der Waals surface area contributed by atoms with E-state index in [0.29, 0.717) is 24.6 Å². The van der Waals surface area contributed by atoms with E-state index in [-0.39, 0.29) is 5.91 Å². The molecule has 0 unspecified atom stereocenters. The molecule has 0 fully saturated rings. The van der Waals surface area contributed by atoms with Gasteiger partial charge < -0.3 is 18.9 Å². The number of nitrogens with zero attached hydrogens (tertiary/aromatic N) is 4. The second-order valence-electron chi connectivity index (χ2n) is 8.18. The van der Waals surface area contributed by atoms with Crippen LogP contribution in [0.1, 0.15) is 22.4 Å².